The number of thiophene rings is 1. The van der Waals surface area contributed by atoms with Crippen molar-refractivity contribution in [2.24, 2.45) is 10.9 Å². The number of benzene rings is 1. The van der Waals surface area contributed by atoms with Gasteiger partial charge >= 0.3 is 0 Å². The number of hydrogen-bond donors (Lipinski definition) is 0. The molecule has 1 aliphatic heterocycles. The average Bonchev–Trinajstić information content (AvgIpc) is 3.36. The van der Waals surface area contributed by atoms with E-state index in [0.29, 0.717) is 31.4 Å². The molecule has 5 heteroatoms. The molecule has 0 aliphatic carbocycles. The number of hydrogen-bond acceptors (Lipinski definition) is 4. The van der Waals surface area contributed by atoms with E-state index in [9.17, 15) is 4.79 Å². The lowest BCUT2D eigenvalue weighted by atomic mass is 9.90. The Morgan fingerprint density at radius 2 is 1.94 bits per heavy atom. The highest BCUT2D eigenvalue weighted by Crippen LogP contribution is 2.27. The molecule has 0 atom stereocenters. The van der Waals surface area contributed by atoms with E-state index >= 15 is 0 Å². The first-order valence-corrected chi connectivity index (χ1v) is 14.2. The van der Waals surface area contributed by atoms with E-state index in [1.54, 1.807) is 11.3 Å². The van der Waals surface area contributed by atoms with Crippen LogP contribution in [0.25, 0.3) is 0 Å². The zero-order chi connectivity index (χ0) is 26.5. The van der Waals surface area contributed by atoms with Crippen LogP contribution in [-0.4, -0.2) is 41.8 Å². The number of rotatable bonds is 9. The molecule has 0 N–H and O–H groups in total. The number of carbonyl (C=O) groups is 1. The predicted octanol–water partition coefficient (Wildman–Crippen LogP) is 7.17. The number of nitrogens with zero attached hydrogens (tertiary/aromatic N) is 2. The van der Waals surface area contributed by atoms with E-state index in [2.05, 4.69) is 72.0 Å². The summed E-state index contributed by atoms with van der Waals surface area (Å²) in [5.41, 5.74) is 7.80. The molecule has 4 nitrogen and oxygen atoms in total. The number of aryl methyl sites for hydroxylation is 3. The third-order valence-electron chi connectivity index (χ3n) is 7.09. The lowest BCUT2D eigenvalue weighted by molar-refractivity contribution is -0.142. The van der Waals surface area contributed by atoms with Gasteiger partial charge in [-0.3, -0.25) is 4.79 Å². The third kappa shape index (κ3) is 6.95. The van der Waals surface area contributed by atoms with Crippen LogP contribution in [0.5, 0.6) is 0 Å². The molecule has 1 saturated heterocycles. The van der Waals surface area contributed by atoms with Gasteiger partial charge in [0, 0.05) is 11.4 Å². The van der Waals surface area contributed by atoms with Crippen molar-refractivity contribution in [1.29, 1.82) is 0 Å². The fourth-order valence-corrected chi connectivity index (χ4v) is 5.61. The summed E-state index contributed by atoms with van der Waals surface area (Å²) in [6, 6.07) is 8.87. The Morgan fingerprint density at radius 3 is 2.56 bits per heavy atom. The van der Waals surface area contributed by atoms with Gasteiger partial charge in [0.25, 0.3) is 5.91 Å². The smallest absolute Gasteiger partial charge is 0.273 e. The van der Waals surface area contributed by atoms with Crippen LogP contribution >= 0.6 is 11.3 Å². The van der Waals surface area contributed by atoms with E-state index in [4.69, 9.17) is 9.73 Å². The summed E-state index contributed by atoms with van der Waals surface area (Å²) >= 11 is 1.66. The second-order valence-corrected chi connectivity index (χ2v) is 12.1. The van der Waals surface area contributed by atoms with Crippen molar-refractivity contribution in [1.82, 2.24) is 4.90 Å². The van der Waals surface area contributed by atoms with Gasteiger partial charge in [0.1, 0.15) is 5.70 Å². The maximum atomic E-state index is 13.9. The maximum Gasteiger partial charge on any atom is 0.273 e. The maximum absolute atomic E-state index is 13.9. The van der Waals surface area contributed by atoms with Crippen molar-refractivity contribution in [2.75, 3.05) is 19.8 Å². The Morgan fingerprint density at radius 1 is 1.19 bits per heavy atom. The van der Waals surface area contributed by atoms with Crippen molar-refractivity contribution in [3.8, 4) is 0 Å². The van der Waals surface area contributed by atoms with Crippen molar-refractivity contribution >= 4 is 23.0 Å². The molecule has 1 aromatic heterocycles. The van der Waals surface area contributed by atoms with Gasteiger partial charge in [0.15, 0.2) is 0 Å². The summed E-state index contributed by atoms with van der Waals surface area (Å²) in [7, 11) is 0. The minimum Gasteiger partial charge on any atom is -0.377 e. The normalized spacial score (nSPS) is 16.9. The molecular weight excluding hydrogens is 464 g/mol. The van der Waals surface area contributed by atoms with E-state index in [-0.39, 0.29) is 11.4 Å². The number of morpholine rings is 1. The second kappa shape index (κ2) is 12.3. The average molecular weight is 509 g/mol. The summed E-state index contributed by atoms with van der Waals surface area (Å²) < 4.78 is 5.68. The molecule has 0 unspecified atom stereocenters. The fraction of sp³-hybridized carbons (Fsp3) is 0.548. The van der Waals surface area contributed by atoms with Gasteiger partial charge in [0.05, 0.1) is 24.5 Å². The van der Waals surface area contributed by atoms with Crippen molar-refractivity contribution in [3.63, 3.8) is 0 Å². The minimum absolute atomic E-state index is 0.00922. The lowest BCUT2D eigenvalue weighted by Crippen LogP contribution is -2.55. The van der Waals surface area contributed by atoms with Gasteiger partial charge in [-0.1, -0.05) is 39.0 Å². The molecule has 0 bridgehead atoms. The van der Waals surface area contributed by atoms with E-state index in [1.165, 1.54) is 22.3 Å². The van der Waals surface area contributed by atoms with Crippen LogP contribution in [0.2, 0.25) is 0 Å². The first-order chi connectivity index (χ1) is 17.0. The molecule has 1 aliphatic rings. The Kier molecular flexibility index (Phi) is 9.71. The monoisotopic (exact) mass is 508 g/mol. The Bertz CT molecular complexity index is 1110. The predicted molar refractivity (Wildman–Crippen MR) is 153 cm³/mol. The molecule has 2 heterocycles. The highest BCUT2D eigenvalue weighted by Gasteiger charge is 2.36. The first kappa shape index (κ1) is 28.3. The topological polar surface area (TPSA) is 41.9 Å². The molecular formula is C31H44N2O2S. The number of ether oxygens (including phenoxy) is 1. The molecule has 2 aromatic rings. The van der Waals surface area contributed by atoms with Crippen LogP contribution in [-0.2, 0) is 28.8 Å². The van der Waals surface area contributed by atoms with Gasteiger partial charge in [-0.25, -0.2) is 4.99 Å². The summed E-state index contributed by atoms with van der Waals surface area (Å²) in [5, 5.41) is 2.05. The van der Waals surface area contributed by atoms with Crippen LogP contribution in [0, 0.1) is 12.8 Å². The highest BCUT2D eigenvalue weighted by molar-refractivity contribution is 7.12. The number of carbonyl (C=O) groups excluding carboxylic acids is 1. The summed E-state index contributed by atoms with van der Waals surface area (Å²) in [6.45, 7) is 18.9. The molecule has 196 valence electrons. The summed E-state index contributed by atoms with van der Waals surface area (Å²) in [6.07, 6.45) is 3.88. The SMILES string of the molecule is CCc1cc(CC/C(C)=C(/N=C(\C)c2cccs2)C(=O)N2CCOCC2(C)C)c(C)cc1CC(C)C. The van der Waals surface area contributed by atoms with Crippen molar-refractivity contribution < 1.29 is 9.53 Å². The number of allylic oxidation sites excluding steroid dienone is 1. The molecule has 0 spiro atoms. The Labute approximate surface area is 222 Å². The van der Waals surface area contributed by atoms with Gasteiger partial charge in [-0.2, -0.15) is 0 Å². The molecule has 0 radical (unpaired) electrons. The first-order valence-electron chi connectivity index (χ1n) is 13.3. The molecule has 0 saturated carbocycles. The zero-order valence-electron chi connectivity index (χ0n) is 23.5. The standard InChI is InChI=1S/C31H44N2O2S/c1-9-25-19-26(23(5)18-27(25)17-21(2)3)13-12-22(4)29(32-24(6)28-11-10-16-36-28)30(34)33-14-15-35-20-31(33,7)8/h10-11,16,18-19,21H,9,12-15,17,20H2,1-8H3/b29-22+,32-24+. The third-order valence-corrected chi connectivity index (χ3v) is 8.07. The van der Waals surface area contributed by atoms with Crippen LogP contribution < -0.4 is 0 Å². The van der Waals surface area contributed by atoms with Gasteiger partial charge in [0.2, 0.25) is 0 Å². The second-order valence-electron chi connectivity index (χ2n) is 11.1. The molecule has 1 aromatic carbocycles. The number of amides is 1. The van der Waals surface area contributed by atoms with Gasteiger partial charge in [-0.05, 0) is 105 Å². The fourth-order valence-electron chi connectivity index (χ4n) is 4.93. The van der Waals surface area contributed by atoms with Crippen molar-refractivity contribution in [2.45, 2.75) is 86.6 Å². The van der Waals surface area contributed by atoms with Crippen LogP contribution in [0.1, 0.15) is 82.0 Å². The molecule has 3 rings (SSSR count). The van der Waals surface area contributed by atoms with E-state index in [0.717, 1.165) is 41.8 Å². The number of aliphatic imine (C=N–C) groups is 1. The highest BCUT2D eigenvalue weighted by atomic mass is 32.1. The van der Waals surface area contributed by atoms with Gasteiger partial charge < -0.3 is 9.64 Å². The zero-order valence-corrected chi connectivity index (χ0v) is 24.3. The van der Waals surface area contributed by atoms with Gasteiger partial charge in [-0.15, -0.1) is 11.3 Å². The van der Waals surface area contributed by atoms with E-state index in [1.807, 2.05) is 17.9 Å². The van der Waals surface area contributed by atoms with Crippen LogP contribution in [0.15, 0.2) is 45.9 Å². The lowest BCUT2D eigenvalue weighted by Gasteiger charge is -2.42. The van der Waals surface area contributed by atoms with Crippen LogP contribution in [0.4, 0.5) is 0 Å². The molecule has 1 amide bonds. The molecule has 36 heavy (non-hydrogen) atoms. The largest absolute Gasteiger partial charge is 0.377 e. The van der Waals surface area contributed by atoms with Crippen molar-refractivity contribution in [3.05, 3.63) is 68.0 Å². The Hall–Kier alpha value is -2.24. The summed E-state index contributed by atoms with van der Waals surface area (Å²) in [5.74, 6) is 0.656. The quantitative estimate of drug-likeness (QED) is 0.266. The van der Waals surface area contributed by atoms with E-state index < -0.39 is 0 Å². The minimum atomic E-state index is -0.355. The van der Waals surface area contributed by atoms with Crippen LogP contribution in [0.3, 0.4) is 0 Å². The summed E-state index contributed by atoms with van der Waals surface area (Å²) in [4.78, 5) is 21.9. The Balaban J connectivity index is 1.94. The molecule has 1 fully saturated rings.